The normalized spacial score (nSPS) is 11.8. The molecule has 0 saturated carbocycles. The van der Waals surface area contributed by atoms with E-state index in [9.17, 15) is 4.79 Å². The van der Waals surface area contributed by atoms with Crippen LogP contribution < -0.4 is 24.8 Å². The van der Waals surface area contributed by atoms with Crippen molar-refractivity contribution >= 4 is 34.7 Å². The van der Waals surface area contributed by atoms with Gasteiger partial charge in [-0.25, -0.2) is 9.97 Å². The first-order valence-electron chi connectivity index (χ1n) is 8.26. The quantitative estimate of drug-likeness (QED) is 0.673. The molecular formula is C19H15ClN4O4. The predicted molar refractivity (Wildman–Crippen MR) is 104 cm³/mol. The van der Waals surface area contributed by atoms with Crippen molar-refractivity contribution in [3.8, 4) is 17.2 Å². The Bertz CT molecular complexity index is 1030. The highest BCUT2D eigenvalue weighted by Crippen LogP contribution is 2.34. The number of amides is 1. The first-order valence-corrected chi connectivity index (χ1v) is 8.64. The molecule has 9 heteroatoms. The molecule has 4 rings (SSSR count). The maximum absolute atomic E-state index is 12.4. The molecule has 142 valence electrons. The smallest absolute Gasteiger partial charge is 0.275 e. The van der Waals surface area contributed by atoms with Gasteiger partial charge in [0, 0.05) is 16.8 Å². The second-order valence-corrected chi connectivity index (χ2v) is 6.22. The maximum Gasteiger partial charge on any atom is 0.275 e. The molecule has 0 spiro atoms. The standard InChI is InChI=1S/C19H15ClN4O4/c1-26-15-4-2-11(20)6-13(15)24-19(25)14-8-22-18(9-21-14)23-12-3-5-16-17(7-12)28-10-27-16/h2-9H,10H2,1H3,(H,22,23)(H,24,25). The van der Waals surface area contributed by atoms with Crippen LogP contribution in [-0.2, 0) is 0 Å². The number of nitrogens with one attached hydrogen (secondary N) is 2. The Morgan fingerprint density at radius 3 is 2.75 bits per heavy atom. The number of halogens is 1. The van der Waals surface area contributed by atoms with Gasteiger partial charge in [-0.1, -0.05) is 11.6 Å². The lowest BCUT2D eigenvalue weighted by atomic mass is 10.2. The fourth-order valence-electron chi connectivity index (χ4n) is 2.60. The van der Waals surface area contributed by atoms with Crippen LogP contribution in [-0.4, -0.2) is 29.8 Å². The van der Waals surface area contributed by atoms with Gasteiger partial charge in [0.25, 0.3) is 5.91 Å². The lowest BCUT2D eigenvalue weighted by Gasteiger charge is -2.10. The summed E-state index contributed by atoms with van der Waals surface area (Å²) < 4.78 is 15.8. The van der Waals surface area contributed by atoms with Crippen LogP contribution in [0, 0.1) is 0 Å². The third-order valence-electron chi connectivity index (χ3n) is 3.94. The third-order valence-corrected chi connectivity index (χ3v) is 4.17. The topological polar surface area (TPSA) is 94.6 Å². The van der Waals surface area contributed by atoms with Gasteiger partial charge in [0.2, 0.25) is 6.79 Å². The van der Waals surface area contributed by atoms with E-state index in [1.54, 1.807) is 30.3 Å². The van der Waals surface area contributed by atoms with Gasteiger partial charge in [-0.3, -0.25) is 4.79 Å². The van der Waals surface area contributed by atoms with Gasteiger partial charge in [0.1, 0.15) is 17.3 Å². The van der Waals surface area contributed by atoms with Crippen LogP contribution in [0.5, 0.6) is 17.2 Å². The first kappa shape index (κ1) is 17.9. The van der Waals surface area contributed by atoms with Crippen LogP contribution in [0.25, 0.3) is 0 Å². The van der Waals surface area contributed by atoms with Crippen molar-refractivity contribution in [1.29, 1.82) is 0 Å². The van der Waals surface area contributed by atoms with Crippen molar-refractivity contribution < 1.29 is 19.0 Å². The summed E-state index contributed by atoms with van der Waals surface area (Å²) >= 11 is 5.98. The summed E-state index contributed by atoms with van der Waals surface area (Å²) in [5, 5.41) is 6.29. The third kappa shape index (κ3) is 3.77. The predicted octanol–water partition coefficient (Wildman–Crippen LogP) is 3.86. The van der Waals surface area contributed by atoms with E-state index in [1.165, 1.54) is 19.5 Å². The number of carbonyl (C=O) groups excluding carboxylic acids is 1. The summed E-state index contributed by atoms with van der Waals surface area (Å²) in [6, 6.07) is 10.4. The molecule has 2 heterocycles. The highest BCUT2D eigenvalue weighted by atomic mass is 35.5. The minimum atomic E-state index is -0.428. The molecule has 1 amide bonds. The molecule has 1 aliphatic rings. The molecule has 0 fully saturated rings. The van der Waals surface area contributed by atoms with Crippen molar-refractivity contribution in [3.63, 3.8) is 0 Å². The number of methoxy groups -OCH3 is 1. The Balaban J connectivity index is 1.46. The van der Waals surface area contributed by atoms with Crippen LogP contribution in [0.15, 0.2) is 48.8 Å². The van der Waals surface area contributed by atoms with Gasteiger partial charge >= 0.3 is 0 Å². The first-order chi connectivity index (χ1) is 13.6. The molecule has 8 nitrogen and oxygen atoms in total. The number of aromatic nitrogens is 2. The van der Waals surface area contributed by atoms with Crippen LogP contribution in [0.2, 0.25) is 5.02 Å². The summed E-state index contributed by atoms with van der Waals surface area (Å²) in [5.41, 5.74) is 1.36. The van der Waals surface area contributed by atoms with E-state index in [0.717, 1.165) is 5.69 Å². The van der Waals surface area contributed by atoms with Gasteiger partial charge in [0.05, 0.1) is 25.2 Å². The Labute approximate surface area is 165 Å². The van der Waals surface area contributed by atoms with Crippen molar-refractivity contribution in [2.24, 2.45) is 0 Å². The summed E-state index contributed by atoms with van der Waals surface area (Å²) in [6.07, 6.45) is 2.84. The molecule has 0 aliphatic carbocycles. The molecule has 0 atom stereocenters. The molecule has 0 radical (unpaired) electrons. The van der Waals surface area contributed by atoms with Crippen LogP contribution in [0.4, 0.5) is 17.2 Å². The Kier molecular flexibility index (Phi) is 4.86. The fraction of sp³-hybridized carbons (Fsp3) is 0.105. The van der Waals surface area contributed by atoms with Gasteiger partial charge < -0.3 is 24.8 Å². The van der Waals surface area contributed by atoms with E-state index >= 15 is 0 Å². The summed E-state index contributed by atoms with van der Waals surface area (Å²) in [5.74, 6) is 1.90. The molecule has 0 saturated heterocycles. The highest BCUT2D eigenvalue weighted by molar-refractivity contribution is 6.31. The van der Waals surface area contributed by atoms with Crippen LogP contribution >= 0.6 is 11.6 Å². The zero-order valence-corrected chi connectivity index (χ0v) is 15.5. The number of fused-ring (bicyclic) bond motifs is 1. The zero-order chi connectivity index (χ0) is 19.5. The van der Waals surface area contributed by atoms with Gasteiger partial charge in [-0.15, -0.1) is 0 Å². The SMILES string of the molecule is COc1ccc(Cl)cc1NC(=O)c1cnc(Nc2ccc3c(c2)OCO3)cn1. The van der Waals surface area contributed by atoms with Gasteiger partial charge in [-0.2, -0.15) is 0 Å². The number of benzene rings is 2. The van der Waals surface area contributed by atoms with Crippen molar-refractivity contribution in [2.75, 3.05) is 24.5 Å². The largest absolute Gasteiger partial charge is 0.495 e. The molecule has 0 unspecified atom stereocenters. The van der Waals surface area contributed by atoms with Crippen molar-refractivity contribution in [2.45, 2.75) is 0 Å². The van der Waals surface area contributed by atoms with E-state index in [-0.39, 0.29) is 12.5 Å². The minimum absolute atomic E-state index is 0.151. The minimum Gasteiger partial charge on any atom is -0.495 e. The van der Waals surface area contributed by atoms with E-state index in [0.29, 0.717) is 33.8 Å². The van der Waals surface area contributed by atoms with Crippen LogP contribution in [0.3, 0.4) is 0 Å². The lowest BCUT2D eigenvalue weighted by molar-refractivity contribution is 0.102. The molecule has 3 aromatic rings. The number of nitrogens with zero attached hydrogens (tertiary/aromatic N) is 2. The van der Waals surface area contributed by atoms with E-state index in [1.807, 2.05) is 6.07 Å². The summed E-state index contributed by atoms with van der Waals surface area (Å²) in [4.78, 5) is 20.8. The Morgan fingerprint density at radius 2 is 1.96 bits per heavy atom. The Morgan fingerprint density at radius 1 is 1.11 bits per heavy atom. The zero-order valence-electron chi connectivity index (χ0n) is 14.7. The van der Waals surface area contributed by atoms with E-state index in [2.05, 4.69) is 20.6 Å². The number of rotatable bonds is 5. The molecule has 2 aromatic carbocycles. The van der Waals surface area contributed by atoms with E-state index in [4.69, 9.17) is 25.8 Å². The maximum atomic E-state index is 12.4. The molecule has 1 aliphatic heterocycles. The summed E-state index contributed by atoms with van der Waals surface area (Å²) in [7, 11) is 1.51. The molecule has 28 heavy (non-hydrogen) atoms. The van der Waals surface area contributed by atoms with Crippen molar-refractivity contribution in [3.05, 3.63) is 59.5 Å². The van der Waals surface area contributed by atoms with E-state index < -0.39 is 5.91 Å². The van der Waals surface area contributed by atoms with Gasteiger partial charge in [0.15, 0.2) is 11.5 Å². The lowest BCUT2D eigenvalue weighted by Crippen LogP contribution is -2.15. The fourth-order valence-corrected chi connectivity index (χ4v) is 2.77. The van der Waals surface area contributed by atoms with Crippen LogP contribution in [0.1, 0.15) is 10.5 Å². The molecular weight excluding hydrogens is 384 g/mol. The highest BCUT2D eigenvalue weighted by Gasteiger charge is 2.14. The second-order valence-electron chi connectivity index (χ2n) is 5.78. The number of anilines is 3. The second kappa shape index (κ2) is 7.61. The molecule has 2 N–H and O–H groups in total. The molecule has 1 aromatic heterocycles. The average Bonchev–Trinajstić information content (AvgIpc) is 3.16. The number of ether oxygens (including phenoxy) is 3. The molecule has 0 bridgehead atoms. The number of carbonyl (C=O) groups is 1. The number of hydrogen-bond donors (Lipinski definition) is 2. The van der Waals surface area contributed by atoms with Gasteiger partial charge in [-0.05, 0) is 30.3 Å². The monoisotopic (exact) mass is 398 g/mol. The average molecular weight is 399 g/mol. The number of hydrogen-bond acceptors (Lipinski definition) is 7. The summed E-state index contributed by atoms with van der Waals surface area (Å²) in [6.45, 7) is 0.208. The Hall–Kier alpha value is -3.52. The van der Waals surface area contributed by atoms with Crippen molar-refractivity contribution in [1.82, 2.24) is 9.97 Å².